The predicted octanol–water partition coefficient (Wildman–Crippen LogP) is 1.85. The van der Waals surface area contributed by atoms with Gasteiger partial charge in [0.05, 0.1) is 12.0 Å². The highest BCUT2D eigenvalue weighted by atomic mass is 79.9. The van der Waals surface area contributed by atoms with Crippen molar-refractivity contribution in [3.8, 4) is 5.75 Å². The van der Waals surface area contributed by atoms with E-state index < -0.39 is 22.3 Å². The number of nitrogens with zero attached hydrogens (tertiary/aromatic N) is 1. The summed E-state index contributed by atoms with van der Waals surface area (Å²) in [6.45, 7) is 0. The van der Waals surface area contributed by atoms with Crippen LogP contribution in [0.2, 0.25) is 0 Å². The molecule has 1 rings (SSSR count). The minimum atomic E-state index is -0.885. The number of nitro groups is 1. The van der Waals surface area contributed by atoms with Crippen LogP contribution in [0.3, 0.4) is 0 Å². The van der Waals surface area contributed by atoms with E-state index >= 15 is 0 Å². The number of hydrogen-bond donors (Lipinski definition) is 1. The number of halogens is 1. The molecule has 1 aromatic carbocycles. The van der Waals surface area contributed by atoms with Crippen LogP contribution in [0.1, 0.15) is 10.4 Å². The van der Waals surface area contributed by atoms with Gasteiger partial charge in [-0.05, 0) is 28.1 Å². The van der Waals surface area contributed by atoms with Crippen LogP contribution in [-0.4, -0.2) is 23.1 Å². The normalized spacial score (nSPS) is 9.73. The van der Waals surface area contributed by atoms with Crippen LogP contribution in [0.25, 0.3) is 0 Å². The molecule has 0 amide bonds. The van der Waals surface area contributed by atoms with E-state index in [1.54, 1.807) is 0 Å². The minimum absolute atomic E-state index is 0.193. The molecule has 7 heteroatoms. The van der Waals surface area contributed by atoms with E-state index in [4.69, 9.17) is 0 Å². The molecule has 0 unspecified atom stereocenters. The lowest BCUT2D eigenvalue weighted by molar-refractivity contribution is -0.386. The van der Waals surface area contributed by atoms with Gasteiger partial charge >= 0.3 is 11.7 Å². The topological polar surface area (TPSA) is 89.7 Å². The maximum Gasteiger partial charge on any atom is 0.346 e. The molecular formula is C8H6BrNO5. The molecule has 80 valence electrons. The number of carbonyl (C=O) groups excluding carboxylic acids is 1. The summed E-state index contributed by atoms with van der Waals surface area (Å²) in [6, 6.07) is 2.45. The van der Waals surface area contributed by atoms with Gasteiger partial charge in [-0.2, -0.15) is 0 Å². The number of hydrogen-bond acceptors (Lipinski definition) is 5. The summed E-state index contributed by atoms with van der Waals surface area (Å²) in [4.78, 5) is 21.0. The van der Waals surface area contributed by atoms with E-state index in [2.05, 4.69) is 20.7 Å². The summed E-state index contributed by atoms with van der Waals surface area (Å²) in [5.74, 6) is -1.46. The lowest BCUT2D eigenvalue weighted by Crippen LogP contribution is -2.06. The Morgan fingerprint density at radius 3 is 2.67 bits per heavy atom. The third-order valence-electron chi connectivity index (χ3n) is 1.68. The zero-order valence-electron chi connectivity index (χ0n) is 7.56. The third kappa shape index (κ3) is 2.07. The van der Waals surface area contributed by atoms with E-state index in [1.165, 1.54) is 6.07 Å². The number of aromatic hydroxyl groups is 1. The molecule has 1 aromatic rings. The maximum absolute atomic E-state index is 11.2. The fraction of sp³-hybridized carbons (Fsp3) is 0.125. The zero-order valence-corrected chi connectivity index (χ0v) is 9.15. The van der Waals surface area contributed by atoms with Gasteiger partial charge in [0.15, 0.2) is 11.3 Å². The monoisotopic (exact) mass is 275 g/mol. The molecular weight excluding hydrogens is 270 g/mol. The predicted molar refractivity (Wildman–Crippen MR) is 53.8 cm³/mol. The van der Waals surface area contributed by atoms with Crippen LogP contribution >= 0.6 is 15.9 Å². The standard InChI is InChI=1S/C8H6BrNO5/c1-15-8(12)6-4(9)2-3-5(11)7(6)10(13)14/h2-3,11H,1H3. The molecule has 6 nitrogen and oxygen atoms in total. The molecule has 0 aliphatic heterocycles. The molecule has 0 aliphatic carbocycles. The Bertz CT molecular complexity index is 431. The molecule has 0 aliphatic rings. The Morgan fingerprint density at radius 2 is 2.20 bits per heavy atom. The number of benzene rings is 1. The molecule has 1 N–H and O–H groups in total. The first kappa shape index (κ1) is 11.4. The van der Waals surface area contributed by atoms with Gasteiger partial charge in [0.25, 0.3) is 0 Å². The average molecular weight is 276 g/mol. The second-order valence-corrected chi connectivity index (χ2v) is 3.39. The van der Waals surface area contributed by atoms with Crippen LogP contribution in [-0.2, 0) is 4.74 Å². The van der Waals surface area contributed by atoms with Crippen LogP contribution in [0.4, 0.5) is 5.69 Å². The Kier molecular flexibility index (Phi) is 3.25. The number of ether oxygens (including phenoxy) is 1. The van der Waals surface area contributed by atoms with Crippen molar-refractivity contribution in [2.75, 3.05) is 7.11 Å². The largest absolute Gasteiger partial charge is 0.502 e. The number of rotatable bonds is 2. The highest BCUT2D eigenvalue weighted by Crippen LogP contribution is 2.35. The summed E-state index contributed by atoms with van der Waals surface area (Å²) in [6.07, 6.45) is 0. The second-order valence-electron chi connectivity index (χ2n) is 2.54. The van der Waals surface area contributed by atoms with Gasteiger partial charge in [-0.15, -0.1) is 0 Å². The van der Waals surface area contributed by atoms with Crippen LogP contribution in [0, 0.1) is 10.1 Å². The quantitative estimate of drug-likeness (QED) is 0.505. The summed E-state index contributed by atoms with van der Waals surface area (Å²) in [5.41, 5.74) is -0.973. The Morgan fingerprint density at radius 1 is 1.60 bits per heavy atom. The van der Waals surface area contributed by atoms with Gasteiger partial charge in [0, 0.05) is 4.47 Å². The van der Waals surface area contributed by atoms with E-state index in [9.17, 15) is 20.0 Å². The molecule has 0 heterocycles. The molecule has 0 fully saturated rings. The molecule has 0 radical (unpaired) electrons. The average Bonchev–Trinajstić information content (AvgIpc) is 2.19. The zero-order chi connectivity index (χ0) is 11.6. The SMILES string of the molecule is COC(=O)c1c(Br)ccc(O)c1[N+](=O)[O-]. The van der Waals surface area contributed by atoms with Gasteiger partial charge < -0.3 is 9.84 Å². The molecule has 0 saturated carbocycles. The molecule has 0 spiro atoms. The van der Waals surface area contributed by atoms with Crippen molar-refractivity contribution in [3.05, 3.63) is 32.3 Å². The first-order valence-electron chi connectivity index (χ1n) is 3.73. The van der Waals surface area contributed by atoms with E-state index in [0.717, 1.165) is 13.2 Å². The third-order valence-corrected chi connectivity index (χ3v) is 2.34. The van der Waals surface area contributed by atoms with Gasteiger partial charge in [-0.1, -0.05) is 0 Å². The van der Waals surface area contributed by atoms with Gasteiger partial charge in [0.2, 0.25) is 0 Å². The van der Waals surface area contributed by atoms with E-state index in [1.807, 2.05) is 0 Å². The molecule has 0 bridgehead atoms. The summed E-state index contributed by atoms with van der Waals surface area (Å²) in [7, 11) is 1.10. The van der Waals surface area contributed by atoms with Crippen molar-refractivity contribution in [1.82, 2.24) is 0 Å². The van der Waals surface area contributed by atoms with Crippen molar-refractivity contribution in [2.24, 2.45) is 0 Å². The first-order valence-corrected chi connectivity index (χ1v) is 4.52. The van der Waals surface area contributed by atoms with Crippen LogP contribution < -0.4 is 0 Å². The Hall–Kier alpha value is -1.63. The van der Waals surface area contributed by atoms with Crippen molar-refractivity contribution >= 4 is 27.6 Å². The van der Waals surface area contributed by atoms with Crippen molar-refractivity contribution in [1.29, 1.82) is 0 Å². The summed E-state index contributed by atoms with van der Waals surface area (Å²) in [5, 5.41) is 19.9. The fourth-order valence-corrected chi connectivity index (χ4v) is 1.52. The first-order chi connectivity index (χ1) is 6.99. The lowest BCUT2D eigenvalue weighted by atomic mass is 10.1. The highest BCUT2D eigenvalue weighted by Gasteiger charge is 2.28. The van der Waals surface area contributed by atoms with Gasteiger partial charge in [0.1, 0.15) is 0 Å². The lowest BCUT2D eigenvalue weighted by Gasteiger charge is -2.04. The number of nitro benzene ring substituents is 1. The van der Waals surface area contributed by atoms with E-state index in [-0.39, 0.29) is 10.0 Å². The van der Waals surface area contributed by atoms with Crippen LogP contribution in [0.5, 0.6) is 5.75 Å². The number of phenols is 1. The van der Waals surface area contributed by atoms with Crippen molar-refractivity contribution < 1.29 is 19.6 Å². The smallest absolute Gasteiger partial charge is 0.346 e. The van der Waals surface area contributed by atoms with E-state index in [0.29, 0.717) is 0 Å². The number of carbonyl (C=O) groups is 1. The fourth-order valence-electron chi connectivity index (χ4n) is 1.04. The van der Waals surface area contributed by atoms with Gasteiger partial charge in [-0.3, -0.25) is 10.1 Å². The molecule has 0 saturated heterocycles. The molecule has 15 heavy (non-hydrogen) atoms. The number of methoxy groups -OCH3 is 1. The Balaban J connectivity index is 3.52. The minimum Gasteiger partial charge on any atom is -0.502 e. The second kappa shape index (κ2) is 4.26. The summed E-state index contributed by atoms with van der Waals surface area (Å²) < 4.78 is 4.57. The number of phenolic OH excluding ortho intramolecular Hbond substituents is 1. The Labute approximate surface area is 92.8 Å². The van der Waals surface area contributed by atoms with Crippen LogP contribution in [0.15, 0.2) is 16.6 Å². The van der Waals surface area contributed by atoms with Crippen molar-refractivity contribution in [3.63, 3.8) is 0 Å². The van der Waals surface area contributed by atoms with Gasteiger partial charge in [-0.25, -0.2) is 4.79 Å². The van der Waals surface area contributed by atoms with Crippen molar-refractivity contribution in [2.45, 2.75) is 0 Å². The number of esters is 1. The maximum atomic E-state index is 11.2. The molecule has 0 aromatic heterocycles. The summed E-state index contributed by atoms with van der Waals surface area (Å²) >= 11 is 2.97. The molecule has 0 atom stereocenters. The highest BCUT2D eigenvalue weighted by molar-refractivity contribution is 9.10.